The van der Waals surface area contributed by atoms with Crippen LogP contribution in [0.25, 0.3) is 0 Å². The van der Waals surface area contributed by atoms with Crippen LogP contribution in [0.1, 0.15) is 20.3 Å². The number of sulfonamides is 1. The first kappa shape index (κ1) is 14.8. The molecule has 2 rings (SSSR count). The molecule has 1 aliphatic heterocycles. The van der Waals surface area contributed by atoms with Gasteiger partial charge in [-0.25, -0.2) is 13.1 Å². The van der Waals surface area contributed by atoms with Crippen LogP contribution < -0.4 is 14.4 Å². The van der Waals surface area contributed by atoms with Gasteiger partial charge in [0.2, 0.25) is 15.9 Å². The summed E-state index contributed by atoms with van der Waals surface area (Å²) in [7, 11) is -2.20. The minimum atomic E-state index is -3.54. The van der Waals surface area contributed by atoms with E-state index in [1.165, 1.54) is 26.1 Å². The normalized spacial score (nSPS) is 18.4. The van der Waals surface area contributed by atoms with Crippen molar-refractivity contribution in [2.75, 3.05) is 18.5 Å². The van der Waals surface area contributed by atoms with Crippen LogP contribution in [0.5, 0.6) is 5.75 Å². The van der Waals surface area contributed by atoms with Crippen molar-refractivity contribution in [2.24, 2.45) is 0 Å². The molecule has 0 aliphatic carbocycles. The third-order valence-corrected chi connectivity index (χ3v) is 4.73. The molecule has 110 valence electrons. The van der Waals surface area contributed by atoms with Gasteiger partial charge in [-0.2, -0.15) is 0 Å². The average Bonchev–Trinajstić information content (AvgIpc) is 2.45. The molecule has 1 aliphatic rings. The fourth-order valence-electron chi connectivity index (χ4n) is 2.12. The Hall–Kier alpha value is -1.60. The lowest BCUT2D eigenvalue weighted by atomic mass is 10.1. The topological polar surface area (TPSA) is 75.7 Å². The van der Waals surface area contributed by atoms with Gasteiger partial charge in [-0.05, 0) is 31.7 Å². The number of hydrogen-bond acceptors (Lipinski definition) is 4. The molecule has 6 nitrogen and oxygen atoms in total. The molecule has 0 spiro atoms. The van der Waals surface area contributed by atoms with Gasteiger partial charge in [0.15, 0.2) is 0 Å². The molecule has 0 aromatic heterocycles. The molecule has 0 fully saturated rings. The zero-order chi connectivity index (χ0) is 14.9. The summed E-state index contributed by atoms with van der Waals surface area (Å²) in [5.74, 6) is 0.403. The number of ether oxygens (including phenoxy) is 1. The number of hydrogen-bond donors (Lipinski definition) is 1. The van der Waals surface area contributed by atoms with Crippen LogP contribution in [-0.4, -0.2) is 34.0 Å². The van der Waals surface area contributed by atoms with Crippen LogP contribution in [0.15, 0.2) is 23.1 Å². The number of rotatable bonds is 3. The van der Waals surface area contributed by atoms with E-state index in [9.17, 15) is 13.2 Å². The van der Waals surface area contributed by atoms with Crippen LogP contribution in [0.4, 0.5) is 5.69 Å². The van der Waals surface area contributed by atoms with E-state index in [4.69, 9.17) is 4.74 Å². The highest BCUT2D eigenvalue weighted by molar-refractivity contribution is 7.89. The second kappa shape index (κ2) is 5.41. The molecule has 0 saturated heterocycles. The summed E-state index contributed by atoms with van der Waals surface area (Å²) < 4.78 is 31.7. The molecule has 1 aromatic rings. The van der Waals surface area contributed by atoms with Crippen LogP contribution >= 0.6 is 0 Å². The first-order valence-corrected chi connectivity index (χ1v) is 7.89. The molecule has 1 atom stereocenters. The summed E-state index contributed by atoms with van der Waals surface area (Å²) in [4.78, 5) is 13.4. The van der Waals surface area contributed by atoms with Crippen molar-refractivity contribution in [3.05, 3.63) is 18.2 Å². The van der Waals surface area contributed by atoms with Gasteiger partial charge in [-0.3, -0.25) is 4.79 Å². The molecule has 1 N–H and O–H groups in total. The van der Waals surface area contributed by atoms with Crippen molar-refractivity contribution in [1.82, 2.24) is 4.72 Å². The predicted octanol–water partition coefficient (Wildman–Crippen LogP) is 1.12. The maximum absolute atomic E-state index is 11.8. The minimum Gasteiger partial charge on any atom is -0.486 e. The molecule has 1 aromatic carbocycles. The Balaban J connectivity index is 2.51. The number of nitrogens with zero attached hydrogens (tertiary/aromatic N) is 1. The third kappa shape index (κ3) is 2.64. The zero-order valence-corrected chi connectivity index (χ0v) is 12.5. The average molecular weight is 298 g/mol. The second-order valence-corrected chi connectivity index (χ2v) is 6.50. The van der Waals surface area contributed by atoms with E-state index in [0.29, 0.717) is 18.0 Å². The third-order valence-electron chi connectivity index (χ3n) is 3.32. The quantitative estimate of drug-likeness (QED) is 0.907. The van der Waals surface area contributed by atoms with E-state index in [2.05, 4.69) is 4.72 Å². The molecule has 1 unspecified atom stereocenters. The maximum Gasteiger partial charge on any atom is 0.240 e. The molecule has 0 saturated carbocycles. The minimum absolute atomic E-state index is 0.0712. The van der Waals surface area contributed by atoms with Gasteiger partial charge in [0.1, 0.15) is 11.9 Å². The van der Waals surface area contributed by atoms with E-state index < -0.39 is 10.0 Å². The van der Waals surface area contributed by atoms with E-state index in [1.54, 1.807) is 11.0 Å². The van der Waals surface area contributed by atoms with Crippen LogP contribution in [0.2, 0.25) is 0 Å². The van der Waals surface area contributed by atoms with Crippen molar-refractivity contribution in [3.63, 3.8) is 0 Å². The molecule has 0 bridgehead atoms. The molecule has 1 amide bonds. The van der Waals surface area contributed by atoms with Gasteiger partial charge >= 0.3 is 0 Å². The van der Waals surface area contributed by atoms with Crippen molar-refractivity contribution < 1.29 is 17.9 Å². The summed E-state index contributed by atoms with van der Waals surface area (Å²) in [6.45, 7) is 3.87. The summed E-state index contributed by atoms with van der Waals surface area (Å²) in [5, 5.41) is 0. The van der Waals surface area contributed by atoms with Gasteiger partial charge in [0.05, 0.1) is 17.1 Å². The van der Waals surface area contributed by atoms with Crippen LogP contribution in [-0.2, 0) is 14.8 Å². The number of carbonyl (C=O) groups is 1. The number of amides is 1. The highest BCUT2D eigenvalue weighted by Gasteiger charge is 2.28. The summed E-state index contributed by atoms with van der Waals surface area (Å²) in [6.07, 6.45) is 0.706. The number of carbonyl (C=O) groups excluding carboxylic acids is 1. The van der Waals surface area contributed by atoms with Crippen LogP contribution in [0.3, 0.4) is 0 Å². The molecule has 1 heterocycles. The lowest BCUT2D eigenvalue weighted by molar-refractivity contribution is -0.117. The zero-order valence-electron chi connectivity index (χ0n) is 11.7. The Bertz CT molecular complexity index is 627. The van der Waals surface area contributed by atoms with E-state index >= 15 is 0 Å². The number of anilines is 1. The fraction of sp³-hybridized carbons (Fsp3) is 0.462. The highest BCUT2D eigenvalue weighted by atomic mass is 32.2. The molecule has 0 radical (unpaired) electrons. The van der Waals surface area contributed by atoms with Crippen molar-refractivity contribution in [1.29, 1.82) is 0 Å². The van der Waals surface area contributed by atoms with Gasteiger partial charge in [0.25, 0.3) is 0 Å². The van der Waals surface area contributed by atoms with E-state index in [1.807, 2.05) is 6.92 Å². The predicted molar refractivity (Wildman–Crippen MR) is 75.4 cm³/mol. The van der Waals surface area contributed by atoms with Crippen molar-refractivity contribution in [2.45, 2.75) is 31.3 Å². The number of nitrogens with one attached hydrogen (secondary N) is 1. The monoisotopic (exact) mass is 298 g/mol. The first-order valence-electron chi connectivity index (χ1n) is 6.41. The maximum atomic E-state index is 11.8. The largest absolute Gasteiger partial charge is 0.486 e. The Morgan fingerprint density at radius 3 is 2.75 bits per heavy atom. The standard InChI is InChI=1S/C13H18N2O4S/c1-4-10-8-15(9(2)16)12-7-11(20(17,18)14-3)5-6-13(12)19-10/h5-7,10,14H,4,8H2,1-3H3. The lowest BCUT2D eigenvalue weighted by Gasteiger charge is -2.34. The summed E-state index contributed by atoms with van der Waals surface area (Å²) >= 11 is 0. The van der Waals surface area contributed by atoms with Crippen molar-refractivity contribution >= 4 is 21.6 Å². The molecule has 20 heavy (non-hydrogen) atoms. The second-order valence-electron chi connectivity index (χ2n) is 4.61. The number of fused-ring (bicyclic) bond motifs is 1. The van der Waals surface area contributed by atoms with Gasteiger partial charge < -0.3 is 9.64 Å². The summed E-state index contributed by atoms with van der Waals surface area (Å²) in [5.41, 5.74) is 0.499. The number of benzene rings is 1. The van der Waals surface area contributed by atoms with Crippen LogP contribution in [0, 0.1) is 0 Å². The Kier molecular flexibility index (Phi) is 4.01. The molecular weight excluding hydrogens is 280 g/mol. The van der Waals surface area contributed by atoms with Gasteiger partial charge in [-0.1, -0.05) is 6.92 Å². The SMILES string of the molecule is CCC1CN(C(C)=O)c2cc(S(=O)(=O)NC)ccc2O1. The Morgan fingerprint density at radius 2 is 2.20 bits per heavy atom. The molecule has 7 heteroatoms. The van der Waals surface area contributed by atoms with Crippen molar-refractivity contribution in [3.8, 4) is 5.75 Å². The smallest absolute Gasteiger partial charge is 0.240 e. The van der Waals surface area contributed by atoms with Gasteiger partial charge in [-0.15, -0.1) is 0 Å². The Morgan fingerprint density at radius 1 is 1.50 bits per heavy atom. The van der Waals surface area contributed by atoms with E-state index in [-0.39, 0.29) is 16.9 Å². The van der Waals surface area contributed by atoms with Gasteiger partial charge in [0, 0.05) is 6.92 Å². The first-order chi connectivity index (χ1) is 9.39. The van der Waals surface area contributed by atoms with E-state index in [0.717, 1.165) is 6.42 Å². The lowest BCUT2D eigenvalue weighted by Crippen LogP contribution is -2.42. The molecular formula is C13H18N2O4S. The fourth-order valence-corrected chi connectivity index (χ4v) is 2.87. The summed E-state index contributed by atoms with van der Waals surface area (Å²) in [6, 6.07) is 4.53. The Labute approximate surface area is 118 Å². The highest BCUT2D eigenvalue weighted by Crippen LogP contribution is 2.36.